The number of thiophene rings is 1. The molecule has 0 saturated carbocycles. The van der Waals surface area contributed by atoms with Crippen molar-refractivity contribution < 1.29 is 17.9 Å². The van der Waals surface area contributed by atoms with Crippen molar-refractivity contribution in [2.45, 2.75) is 11.1 Å². The van der Waals surface area contributed by atoms with E-state index in [9.17, 15) is 13.2 Å². The molecule has 3 aromatic rings. The molecular formula is C20H20N2O4S2. The van der Waals surface area contributed by atoms with Crippen molar-refractivity contribution in [1.29, 1.82) is 0 Å². The molecule has 1 aromatic heterocycles. The van der Waals surface area contributed by atoms with Gasteiger partial charge in [0.25, 0.3) is 10.0 Å². The molecule has 3 rings (SSSR count). The molecule has 1 N–H and O–H groups in total. The normalized spacial score (nSPS) is 11.1. The number of hydrogen-bond donors (Lipinski definition) is 1. The van der Waals surface area contributed by atoms with Gasteiger partial charge < -0.3 is 10.1 Å². The smallest absolute Gasteiger partial charge is 0.274 e. The molecular weight excluding hydrogens is 396 g/mol. The summed E-state index contributed by atoms with van der Waals surface area (Å²) < 4.78 is 33.0. The highest BCUT2D eigenvalue weighted by Gasteiger charge is 2.30. The number of methoxy groups -OCH3 is 1. The van der Waals surface area contributed by atoms with Gasteiger partial charge in [0.15, 0.2) is 0 Å². The molecule has 0 radical (unpaired) electrons. The maximum Gasteiger partial charge on any atom is 0.274 e. The third-order valence-corrected chi connectivity index (χ3v) is 7.23. The zero-order chi connectivity index (χ0) is 20.1. The lowest BCUT2D eigenvalue weighted by molar-refractivity contribution is -0.114. The zero-order valence-corrected chi connectivity index (χ0v) is 17.1. The Balaban J connectivity index is 1.97. The fraction of sp³-hybridized carbons (Fsp3) is 0.150. The average Bonchev–Trinajstić information content (AvgIpc) is 3.23. The third-order valence-electron chi connectivity index (χ3n) is 4.10. The van der Waals surface area contributed by atoms with Crippen molar-refractivity contribution in [1.82, 2.24) is 0 Å². The Kier molecular flexibility index (Phi) is 6.01. The van der Waals surface area contributed by atoms with Crippen LogP contribution in [0, 0.1) is 6.92 Å². The number of rotatable bonds is 7. The summed E-state index contributed by atoms with van der Waals surface area (Å²) in [5.41, 5.74) is 1.83. The largest absolute Gasteiger partial charge is 0.495 e. The van der Waals surface area contributed by atoms with Crippen LogP contribution < -0.4 is 14.4 Å². The number of carbonyl (C=O) groups is 1. The van der Waals surface area contributed by atoms with Crippen molar-refractivity contribution in [2.24, 2.45) is 0 Å². The van der Waals surface area contributed by atoms with Crippen LogP contribution in [0.4, 0.5) is 11.4 Å². The predicted molar refractivity (Wildman–Crippen MR) is 112 cm³/mol. The summed E-state index contributed by atoms with van der Waals surface area (Å²) in [6.07, 6.45) is 0. The van der Waals surface area contributed by atoms with E-state index in [0.717, 1.165) is 21.2 Å². The summed E-state index contributed by atoms with van der Waals surface area (Å²) in [5, 5.41) is 4.46. The van der Waals surface area contributed by atoms with Gasteiger partial charge in [-0.25, -0.2) is 8.42 Å². The Morgan fingerprint density at radius 1 is 1.07 bits per heavy atom. The fourth-order valence-electron chi connectivity index (χ4n) is 2.69. The summed E-state index contributed by atoms with van der Waals surface area (Å²) in [5.74, 6) is -0.0772. The van der Waals surface area contributed by atoms with Crippen molar-refractivity contribution in [3.05, 3.63) is 71.6 Å². The van der Waals surface area contributed by atoms with Gasteiger partial charge in [0.2, 0.25) is 5.91 Å². The molecule has 0 bridgehead atoms. The number of sulfonamides is 1. The minimum atomic E-state index is -3.93. The van der Waals surface area contributed by atoms with Crippen LogP contribution in [0.5, 0.6) is 5.75 Å². The summed E-state index contributed by atoms with van der Waals surface area (Å²) in [6, 6.07) is 17.2. The van der Waals surface area contributed by atoms with Gasteiger partial charge in [-0.2, -0.15) is 0 Å². The molecule has 0 unspecified atom stereocenters. The number of anilines is 2. The van der Waals surface area contributed by atoms with Crippen LogP contribution in [0.25, 0.3) is 0 Å². The summed E-state index contributed by atoms with van der Waals surface area (Å²) >= 11 is 1.10. The summed E-state index contributed by atoms with van der Waals surface area (Å²) in [6.45, 7) is 1.49. The zero-order valence-electron chi connectivity index (χ0n) is 15.5. The third kappa shape index (κ3) is 4.18. The van der Waals surface area contributed by atoms with Gasteiger partial charge in [-0.1, -0.05) is 36.4 Å². The van der Waals surface area contributed by atoms with Crippen LogP contribution in [0.2, 0.25) is 0 Å². The van der Waals surface area contributed by atoms with Gasteiger partial charge in [0.05, 0.1) is 12.8 Å². The number of nitrogens with zero attached hydrogens (tertiary/aromatic N) is 1. The monoisotopic (exact) mass is 416 g/mol. The van der Waals surface area contributed by atoms with Gasteiger partial charge >= 0.3 is 0 Å². The number of amides is 1. The van der Waals surface area contributed by atoms with E-state index < -0.39 is 15.9 Å². The highest BCUT2D eigenvalue weighted by Crippen LogP contribution is 2.33. The maximum atomic E-state index is 13.2. The highest BCUT2D eigenvalue weighted by atomic mass is 32.2. The average molecular weight is 417 g/mol. The van der Waals surface area contributed by atoms with Gasteiger partial charge in [-0.3, -0.25) is 9.10 Å². The molecule has 0 aliphatic heterocycles. The minimum Gasteiger partial charge on any atom is -0.495 e. The van der Waals surface area contributed by atoms with Crippen molar-refractivity contribution in [3.63, 3.8) is 0 Å². The van der Waals surface area contributed by atoms with Crippen LogP contribution in [0.3, 0.4) is 0 Å². The standard InChI is InChI=1S/C20H20N2O4S2/c1-15-8-3-4-9-16(15)21-19(23)14-22(17-10-5-6-11-18(17)26-2)28(24,25)20-12-7-13-27-20/h3-13H,14H2,1-2H3,(H,21,23). The predicted octanol–water partition coefficient (Wildman–Crippen LogP) is 3.90. The molecule has 28 heavy (non-hydrogen) atoms. The molecule has 0 saturated heterocycles. The first-order chi connectivity index (χ1) is 13.4. The van der Waals surface area contributed by atoms with E-state index in [4.69, 9.17) is 4.74 Å². The van der Waals surface area contributed by atoms with Crippen LogP contribution in [-0.2, 0) is 14.8 Å². The molecule has 0 atom stereocenters. The van der Waals surface area contributed by atoms with Gasteiger partial charge in [-0.05, 0) is 42.1 Å². The fourth-order valence-corrected chi connectivity index (χ4v) is 5.22. The SMILES string of the molecule is COc1ccccc1N(CC(=O)Nc1ccccc1C)S(=O)(=O)c1cccs1. The van der Waals surface area contributed by atoms with Crippen molar-refractivity contribution in [2.75, 3.05) is 23.3 Å². The first kappa shape index (κ1) is 19.9. The quantitative estimate of drug-likeness (QED) is 0.634. The number of hydrogen-bond acceptors (Lipinski definition) is 5. The number of benzene rings is 2. The van der Waals surface area contributed by atoms with Crippen LogP contribution in [0.1, 0.15) is 5.56 Å². The topological polar surface area (TPSA) is 75.7 Å². The van der Waals surface area contributed by atoms with E-state index >= 15 is 0 Å². The number of carbonyl (C=O) groups excluding carboxylic acids is 1. The molecule has 0 aliphatic carbocycles. The van der Waals surface area contributed by atoms with E-state index in [0.29, 0.717) is 17.1 Å². The Bertz CT molecular complexity index is 1060. The van der Waals surface area contributed by atoms with E-state index in [1.165, 1.54) is 13.2 Å². The summed E-state index contributed by atoms with van der Waals surface area (Å²) in [4.78, 5) is 12.7. The van der Waals surface area contributed by atoms with Crippen LogP contribution >= 0.6 is 11.3 Å². The molecule has 0 spiro atoms. The number of ether oxygens (including phenoxy) is 1. The lowest BCUT2D eigenvalue weighted by Gasteiger charge is -2.25. The van der Waals surface area contributed by atoms with Gasteiger partial charge in [0, 0.05) is 5.69 Å². The Labute approximate surface area is 168 Å². The molecule has 0 aliphatic rings. The Morgan fingerprint density at radius 2 is 1.79 bits per heavy atom. The van der Waals surface area contributed by atoms with Crippen molar-refractivity contribution >= 4 is 38.6 Å². The molecule has 2 aromatic carbocycles. The van der Waals surface area contributed by atoms with E-state index in [-0.39, 0.29) is 10.8 Å². The molecule has 146 valence electrons. The number of para-hydroxylation sites is 3. The first-order valence-corrected chi connectivity index (χ1v) is 10.8. The molecule has 1 amide bonds. The molecule has 0 fully saturated rings. The number of nitrogens with one attached hydrogen (secondary N) is 1. The van der Waals surface area contributed by atoms with Crippen molar-refractivity contribution in [3.8, 4) is 5.75 Å². The molecule has 8 heteroatoms. The molecule has 1 heterocycles. The first-order valence-electron chi connectivity index (χ1n) is 8.48. The maximum absolute atomic E-state index is 13.2. The highest BCUT2D eigenvalue weighted by molar-refractivity contribution is 7.94. The van der Waals surface area contributed by atoms with E-state index in [2.05, 4.69) is 5.32 Å². The Morgan fingerprint density at radius 3 is 2.46 bits per heavy atom. The lowest BCUT2D eigenvalue weighted by Crippen LogP contribution is -2.38. The van der Waals surface area contributed by atoms with E-state index in [1.807, 2.05) is 25.1 Å². The van der Waals surface area contributed by atoms with Crippen LogP contribution in [-0.4, -0.2) is 28.0 Å². The number of aryl methyl sites for hydroxylation is 1. The molecule has 6 nitrogen and oxygen atoms in total. The van der Waals surface area contributed by atoms with Gasteiger partial charge in [-0.15, -0.1) is 11.3 Å². The minimum absolute atomic E-state index is 0.155. The van der Waals surface area contributed by atoms with Crippen LogP contribution in [0.15, 0.2) is 70.3 Å². The second-order valence-corrected chi connectivity index (χ2v) is 9.02. The van der Waals surface area contributed by atoms with E-state index in [1.54, 1.807) is 41.8 Å². The summed E-state index contributed by atoms with van der Waals surface area (Å²) in [7, 11) is -2.47. The lowest BCUT2D eigenvalue weighted by atomic mass is 10.2. The second kappa shape index (κ2) is 8.45. The second-order valence-electron chi connectivity index (χ2n) is 5.98. The van der Waals surface area contributed by atoms with Gasteiger partial charge in [0.1, 0.15) is 16.5 Å². The Hall–Kier alpha value is -2.84.